The van der Waals surface area contributed by atoms with Crippen molar-refractivity contribution in [2.45, 2.75) is 31.5 Å². The molecule has 0 aromatic carbocycles. The van der Waals surface area contributed by atoms with Crippen LogP contribution in [-0.2, 0) is 19.1 Å². The molecular formula is C14H26N2O5. The second-order valence-corrected chi connectivity index (χ2v) is 5.50. The number of carbonyl (C=O) groups is 2. The van der Waals surface area contributed by atoms with Crippen molar-refractivity contribution in [3.8, 4) is 0 Å². The number of aliphatic carboxylic acids is 1. The zero-order chi connectivity index (χ0) is 15.8. The van der Waals surface area contributed by atoms with E-state index >= 15 is 0 Å². The molecular weight excluding hydrogens is 276 g/mol. The molecule has 0 spiro atoms. The maximum absolute atomic E-state index is 12.4. The number of amides is 1. The summed E-state index contributed by atoms with van der Waals surface area (Å²) in [5.41, 5.74) is 0. The van der Waals surface area contributed by atoms with E-state index in [-0.39, 0.29) is 5.91 Å². The third kappa shape index (κ3) is 5.99. The van der Waals surface area contributed by atoms with E-state index in [2.05, 4.69) is 4.90 Å². The molecule has 7 nitrogen and oxygen atoms in total. The molecule has 0 saturated carbocycles. The van der Waals surface area contributed by atoms with Gasteiger partial charge in [-0.15, -0.1) is 0 Å². The van der Waals surface area contributed by atoms with Crippen LogP contribution in [0.4, 0.5) is 0 Å². The monoisotopic (exact) mass is 302 g/mol. The van der Waals surface area contributed by atoms with Crippen molar-refractivity contribution in [3.05, 3.63) is 0 Å². The van der Waals surface area contributed by atoms with Gasteiger partial charge in [0.25, 0.3) is 5.91 Å². The Morgan fingerprint density at radius 1 is 1.19 bits per heavy atom. The van der Waals surface area contributed by atoms with Crippen LogP contribution in [0.3, 0.4) is 0 Å². The third-order valence-electron chi connectivity index (χ3n) is 3.48. The van der Waals surface area contributed by atoms with Gasteiger partial charge in [0.2, 0.25) is 0 Å². The molecule has 1 aliphatic rings. The van der Waals surface area contributed by atoms with Crippen molar-refractivity contribution < 1.29 is 24.2 Å². The van der Waals surface area contributed by atoms with Crippen LogP contribution in [0.15, 0.2) is 0 Å². The van der Waals surface area contributed by atoms with Crippen LogP contribution in [0.25, 0.3) is 0 Å². The molecule has 1 aliphatic heterocycles. The van der Waals surface area contributed by atoms with Gasteiger partial charge < -0.3 is 24.4 Å². The summed E-state index contributed by atoms with van der Waals surface area (Å²) in [7, 11) is 5.56. The Morgan fingerprint density at radius 2 is 1.86 bits per heavy atom. The van der Waals surface area contributed by atoms with Gasteiger partial charge in [-0.2, -0.15) is 0 Å². The fourth-order valence-corrected chi connectivity index (χ4v) is 2.32. The summed E-state index contributed by atoms with van der Waals surface area (Å²) in [5.74, 6) is -1.13. The highest BCUT2D eigenvalue weighted by Crippen LogP contribution is 2.21. The van der Waals surface area contributed by atoms with E-state index in [0.29, 0.717) is 32.5 Å². The maximum atomic E-state index is 12.4. The van der Waals surface area contributed by atoms with Crippen LogP contribution < -0.4 is 0 Å². The highest BCUT2D eigenvalue weighted by Gasteiger charge is 2.36. The first-order chi connectivity index (χ1) is 9.95. The van der Waals surface area contributed by atoms with E-state index in [4.69, 9.17) is 14.6 Å². The largest absolute Gasteiger partial charge is 0.479 e. The van der Waals surface area contributed by atoms with Crippen LogP contribution in [0.5, 0.6) is 0 Å². The lowest BCUT2D eigenvalue weighted by Crippen LogP contribution is -2.42. The Hall–Kier alpha value is -1.18. The molecule has 0 radical (unpaired) electrons. The van der Waals surface area contributed by atoms with Crippen molar-refractivity contribution in [1.29, 1.82) is 0 Å². The second-order valence-electron chi connectivity index (χ2n) is 5.50. The smallest absolute Gasteiger partial charge is 0.332 e. The fourth-order valence-electron chi connectivity index (χ4n) is 2.32. The summed E-state index contributed by atoms with van der Waals surface area (Å²) >= 11 is 0. The summed E-state index contributed by atoms with van der Waals surface area (Å²) in [6.45, 7) is 2.47. The van der Waals surface area contributed by atoms with E-state index in [0.717, 1.165) is 13.0 Å². The predicted octanol–water partition coefficient (Wildman–Crippen LogP) is 0.0453. The molecule has 21 heavy (non-hydrogen) atoms. The van der Waals surface area contributed by atoms with Gasteiger partial charge in [-0.05, 0) is 39.9 Å². The van der Waals surface area contributed by atoms with Crippen LogP contribution in [0.1, 0.15) is 19.3 Å². The average molecular weight is 302 g/mol. The summed E-state index contributed by atoms with van der Waals surface area (Å²) in [6.07, 6.45) is 0.221. The first kappa shape index (κ1) is 17.9. The predicted molar refractivity (Wildman–Crippen MR) is 77.2 cm³/mol. The number of carboxylic acids is 1. The minimum absolute atomic E-state index is 0.130. The molecule has 122 valence electrons. The number of ether oxygens (including phenoxy) is 2. The van der Waals surface area contributed by atoms with Crippen molar-refractivity contribution in [1.82, 2.24) is 9.80 Å². The van der Waals surface area contributed by atoms with Gasteiger partial charge in [0.15, 0.2) is 6.10 Å². The molecule has 1 rings (SSSR count). The Labute approximate surface area is 125 Å². The number of methoxy groups -OCH3 is 1. The lowest BCUT2D eigenvalue weighted by molar-refractivity contribution is -0.155. The molecule has 0 aromatic rings. The minimum Gasteiger partial charge on any atom is -0.479 e. The summed E-state index contributed by atoms with van der Waals surface area (Å²) in [5, 5.41) is 8.92. The van der Waals surface area contributed by atoms with Gasteiger partial charge in [0.1, 0.15) is 6.10 Å². The van der Waals surface area contributed by atoms with Gasteiger partial charge >= 0.3 is 5.97 Å². The average Bonchev–Trinajstić information content (AvgIpc) is 2.91. The Balaban J connectivity index is 2.52. The van der Waals surface area contributed by atoms with Crippen LogP contribution in [0, 0.1) is 0 Å². The Kier molecular flexibility index (Phi) is 7.63. The van der Waals surface area contributed by atoms with Crippen LogP contribution >= 0.6 is 0 Å². The van der Waals surface area contributed by atoms with Crippen molar-refractivity contribution in [2.24, 2.45) is 0 Å². The van der Waals surface area contributed by atoms with Crippen LogP contribution in [0.2, 0.25) is 0 Å². The van der Waals surface area contributed by atoms with Crippen molar-refractivity contribution >= 4 is 11.9 Å². The first-order valence-electron chi connectivity index (χ1n) is 7.26. The maximum Gasteiger partial charge on any atom is 0.332 e. The highest BCUT2D eigenvalue weighted by molar-refractivity contribution is 5.82. The van der Waals surface area contributed by atoms with Crippen molar-refractivity contribution in [2.75, 3.05) is 47.4 Å². The summed E-state index contributed by atoms with van der Waals surface area (Å²) < 4.78 is 10.4. The third-order valence-corrected chi connectivity index (χ3v) is 3.48. The van der Waals surface area contributed by atoms with E-state index in [1.54, 1.807) is 12.0 Å². The number of nitrogens with zero attached hydrogens (tertiary/aromatic N) is 2. The van der Waals surface area contributed by atoms with Crippen molar-refractivity contribution in [3.63, 3.8) is 0 Å². The fraction of sp³-hybridized carbons (Fsp3) is 0.857. The quantitative estimate of drug-likeness (QED) is 0.648. The molecule has 0 aromatic heterocycles. The topological polar surface area (TPSA) is 79.3 Å². The van der Waals surface area contributed by atoms with Gasteiger partial charge in [-0.1, -0.05) is 0 Å². The van der Waals surface area contributed by atoms with E-state index < -0.39 is 18.2 Å². The molecule has 1 heterocycles. The minimum atomic E-state index is -0.999. The SMILES string of the molecule is COCCN(CCCN(C)C)C(=O)C1CCC(C(=O)O)O1. The molecule has 1 saturated heterocycles. The Bertz CT molecular complexity index is 348. The zero-order valence-corrected chi connectivity index (χ0v) is 13.1. The summed E-state index contributed by atoms with van der Waals surface area (Å²) in [6, 6.07) is 0. The standard InChI is InChI=1S/C14H26N2O5/c1-15(2)7-4-8-16(9-10-20-3)13(17)11-5-6-12(21-11)14(18)19/h11-12H,4-10H2,1-3H3,(H,18,19). The molecule has 1 N–H and O–H groups in total. The number of carbonyl (C=O) groups excluding carboxylic acids is 1. The lowest BCUT2D eigenvalue weighted by atomic mass is 10.1. The van der Waals surface area contributed by atoms with E-state index in [1.807, 2.05) is 14.1 Å². The number of carboxylic acid groups (broad SMARTS) is 1. The van der Waals surface area contributed by atoms with Crippen LogP contribution in [-0.4, -0.2) is 86.4 Å². The second kappa shape index (κ2) is 8.96. The molecule has 1 fully saturated rings. The van der Waals surface area contributed by atoms with Gasteiger partial charge in [0, 0.05) is 20.2 Å². The molecule has 1 amide bonds. The zero-order valence-electron chi connectivity index (χ0n) is 13.1. The van der Waals surface area contributed by atoms with Gasteiger partial charge in [-0.25, -0.2) is 4.79 Å². The molecule has 0 aliphatic carbocycles. The molecule has 2 unspecified atom stereocenters. The number of hydrogen-bond donors (Lipinski definition) is 1. The molecule has 0 bridgehead atoms. The highest BCUT2D eigenvalue weighted by atomic mass is 16.5. The number of rotatable bonds is 9. The van der Waals surface area contributed by atoms with Gasteiger partial charge in [0.05, 0.1) is 6.61 Å². The van der Waals surface area contributed by atoms with E-state index in [9.17, 15) is 9.59 Å². The Morgan fingerprint density at radius 3 is 2.38 bits per heavy atom. The summed E-state index contributed by atoms with van der Waals surface area (Å²) in [4.78, 5) is 27.1. The molecule has 2 atom stereocenters. The normalized spacial score (nSPS) is 21.7. The lowest BCUT2D eigenvalue weighted by Gasteiger charge is -2.26. The first-order valence-corrected chi connectivity index (χ1v) is 7.26. The van der Waals surface area contributed by atoms with E-state index in [1.165, 1.54) is 0 Å². The molecule has 7 heteroatoms. The number of hydrogen-bond acceptors (Lipinski definition) is 5. The van der Waals surface area contributed by atoms with Gasteiger partial charge in [-0.3, -0.25) is 4.79 Å².